The maximum Gasteiger partial charge on any atom is 0.203 e. The van der Waals surface area contributed by atoms with E-state index in [0.717, 1.165) is 18.9 Å². The van der Waals surface area contributed by atoms with Gasteiger partial charge < -0.3 is 9.88 Å². The van der Waals surface area contributed by atoms with Crippen molar-refractivity contribution in [3.63, 3.8) is 0 Å². The fourth-order valence-electron chi connectivity index (χ4n) is 1.73. The second-order valence-corrected chi connectivity index (χ2v) is 4.28. The van der Waals surface area contributed by atoms with E-state index in [2.05, 4.69) is 33.7 Å². The first-order valence-electron chi connectivity index (χ1n) is 5.93. The summed E-state index contributed by atoms with van der Waals surface area (Å²) in [4.78, 5) is 8.31. The zero-order valence-electron chi connectivity index (χ0n) is 10.3. The first-order chi connectivity index (χ1) is 8.27. The number of imidazole rings is 1. The molecule has 0 atom stereocenters. The zero-order chi connectivity index (χ0) is 12.1. The van der Waals surface area contributed by atoms with Crippen LogP contribution in [0.15, 0.2) is 36.9 Å². The summed E-state index contributed by atoms with van der Waals surface area (Å²) in [7, 11) is 0. The summed E-state index contributed by atoms with van der Waals surface area (Å²) in [6.45, 7) is 5.18. The lowest BCUT2D eigenvalue weighted by Gasteiger charge is -2.12. The number of nitrogens with one attached hydrogen (secondary N) is 1. The van der Waals surface area contributed by atoms with Crippen molar-refractivity contribution in [3.8, 4) is 0 Å². The average molecular weight is 230 g/mol. The lowest BCUT2D eigenvalue weighted by atomic mass is 10.2. The second kappa shape index (κ2) is 5.48. The van der Waals surface area contributed by atoms with Crippen LogP contribution in [-0.4, -0.2) is 21.1 Å². The summed E-state index contributed by atoms with van der Waals surface area (Å²) in [5.41, 5.74) is 1.29. The molecule has 0 aliphatic rings. The molecule has 0 amide bonds. The van der Waals surface area contributed by atoms with Crippen LogP contribution >= 0.6 is 0 Å². The molecule has 2 aromatic rings. The Labute approximate surface area is 102 Å². The summed E-state index contributed by atoms with van der Waals surface area (Å²) in [6.07, 6.45) is 8.45. The Morgan fingerprint density at radius 2 is 2.00 bits per heavy atom. The van der Waals surface area contributed by atoms with E-state index in [9.17, 15) is 0 Å². The van der Waals surface area contributed by atoms with Gasteiger partial charge in [0.1, 0.15) is 0 Å². The molecular formula is C13H18N4. The Morgan fingerprint density at radius 1 is 1.24 bits per heavy atom. The van der Waals surface area contributed by atoms with Crippen LogP contribution in [0, 0.1) is 0 Å². The second-order valence-electron chi connectivity index (χ2n) is 4.28. The van der Waals surface area contributed by atoms with Crippen LogP contribution < -0.4 is 5.32 Å². The third-order valence-electron chi connectivity index (χ3n) is 2.67. The Kier molecular flexibility index (Phi) is 3.75. The molecule has 2 heterocycles. The molecule has 0 fully saturated rings. The first kappa shape index (κ1) is 11.6. The topological polar surface area (TPSA) is 42.7 Å². The van der Waals surface area contributed by atoms with Gasteiger partial charge >= 0.3 is 0 Å². The van der Waals surface area contributed by atoms with Crippen molar-refractivity contribution >= 4 is 5.95 Å². The van der Waals surface area contributed by atoms with Gasteiger partial charge in [-0.15, -0.1) is 0 Å². The summed E-state index contributed by atoms with van der Waals surface area (Å²) >= 11 is 0. The molecular weight excluding hydrogens is 212 g/mol. The van der Waals surface area contributed by atoms with Crippen LogP contribution in [0.1, 0.15) is 25.5 Å². The number of hydrogen-bond donors (Lipinski definition) is 1. The highest BCUT2D eigenvalue weighted by Gasteiger charge is 2.04. The maximum atomic E-state index is 4.31. The summed E-state index contributed by atoms with van der Waals surface area (Å²) in [6, 6.07) is 4.51. The summed E-state index contributed by atoms with van der Waals surface area (Å²) < 4.78 is 2.13. The van der Waals surface area contributed by atoms with E-state index >= 15 is 0 Å². The minimum atomic E-state index is 0.431. The number of rotatable bonds is 5. The highest BCUT2D eigenvalue weighted by molar-refractivity contribution is 5.27. The Morgan fingerprint density at radius 3 is 2.71 bits per heavy atom. The van der Waals surface area contributed by atoms with E-state index in [0.29, 0.717) is 6.04 Å². The van der Waals surface area contributed by atoms with Crippen molar-refractivity contribution in [2.24, 2.45) is 0 Å². The molecule has 0 saturated heterocycles. The molecule has 17 heavy (non-hydrogen) atoms. The molecule has 0 unspecified atom stereocenters. The van der Waals surface area contributed by atoms with E-state index in [-0.39, 0.29) is 0 Å². The molecule has 4 nitrogen and oxygen atoms in total. The smallest absolute Gasteiger partial charge is 0.203 e. The molecule has 0 aliphatic heterocycles. The molecule has 0 radical (unpaired) electrons. The van der Waals surface area contributed by atoms with E-state index in [1.54, 1.807) is 0 Å². The third-order valence-corrected chi connectivity index (χ3v) is 2.67. The van der Waals surface area contributed by atoms with Crippen LogP contribution in [0.3, 0.4) is 0 Å². The Bertz CT molecular complexity index is 447. The Balaban J connectivity index is 1.88. The quantitative estimate of drug-likeness (QED) is 0.858. The van der Waals surface area contributed by atoms with Crippen LogP contribution in [0.4, 0.5) is 5.95 Å². The van der Waals surface area contributed by atoms with Crippen LogP contribution in [-0.2, 0) is 6.42 Å². The molecule has 0 aromatic carbocycles. The van der Waals surface area contributed by atoms with Gasteiger partial charge in [0.15, 0.2) is 0 Å². The van der Waals surface area contributed by atoms with E-state index in [1.165, 1.54) is 5.56 Å². The van der Waals surface area contributed by atoms with Crippen LogP contribution in [0.2, 0.25) is 0 Å². The third kappa shape index (κ3) is 3.06. The largest absolute Gasteiger partial charge is 0.355 e. The molecule has 0 saturated carbocycles. The predicted molar refractivity (Wildman–Crippen MR) is 69.0 cm³/mol. The van der Waals surface area contributed by atoms with Gasteiger partial charge in [0.2, 0.25) is 5.95 Å². The molecule has 4 heteroatoms. The van der Waals surface area contributed by atoms with Crippen LogP contribution in [0.25, 0.3) is 0 Å². The monoisotopic (exact) mass is 230 g/mol. The SMILES string of the molecule is CC(C)n1ccnc1NCCc1ccncc1. The van der Waals surface area contributed by atoms with E-state index in [1.807, 2.05) is 36.9 Å². The van der Waals surface area contributed by atoms with Crippen molar-refractivity contribution in [2.75, 3.05) is 11.9 Å². The van der Waals surface area contributed by atoms with Gasteiger partial charge in [0.05, 0.1) is 0 Å². The normalized spacial score (nSPS) is 10.8. The van der Waals surface area contributed by atoms with Gasteiger partial charge in [0.25, 0.3) is 0 Å². The molecule has 2 aromatic heterocycles. The van der Waals surface area contributed by atoms with Crippen molar-refractivity contribution in [1.29, 1.82) is 0 Å². The molecule has 0 bridgehead atoms. The predicted octanol–water partition coefficient (Wildman–Crippen LogP) is 2.51. The van der Waals surface area contributed by atoms with Gasteiger partial charge in [-0.3, -0.25) is 4.98 Å². The van der Waals surface area contributed by atoms with Crippen molar-refractivity contribution in [3.05, 3.63) is 42.5 Å². The minimum Gasteiger partial charge on any atom is -0.355 e. The number of hydrogen-bond acceptors (Lipinski definition) is 3. The fourth-order valence-corrected chi connectivity index (χ4v) is 1.73. The number of anilines is 1. The van der Waals surface area contributed by atoms with Gasteiger partial charge in [-0.05, 0) is 38.0 Å². The van der Waals surface area contributed by atoms with Gasteiger partial charge in [-0.25, -0.2) is 4.98 Å². The van der Waals surface area contributed by atoms with E-state index in [4.69, 9.17) is 0 Å². The maximum absolute atomic E-state index is 4.31. The minimum absolute atomic E-state index is 0.431. The average Bonchev–Trinajstić information content (AvgIpc) is 2.79. The van der Waals surface area contributed by atoms with E-state index < -0.39 is 0 Å². The van der Waals surface area contributed by atoms with Crippen molar-refractivity contribution in [1.82, 2.24) is 14.5 Å². The molecule has 90 valence electrons. The highest BCUT2D eigenvalue weighted by Crippen LogP contribution is 2.12. The van der Waals surface area contributed by atoms with Gasteiger partial charge in [0, 0.05) is 37.4 Å². The number of pyridine rings is 1. The van der Waals surface area contributed by atoms with Crippen LogP contribution in [0.5, 0.6) is 0 Å². The number of nitrogens with zero attached hydrogens (tertiary/aromatic N) is 3. The molecule has 2 rings (SSSR count). The standard InChI is InChI=1S/C13H18N4/c1-11(2)17-10-9-16-13(17)15-8-5-12-3-6-14-7-4-12/h3-4,6-7,9-11H,5,8H2,1-2H3,(H,15,16). The highest BCUT2D eigenvalue weighted by atomic mass is 15.2. The molecule has 1 N–H and O–H groups in total. The van der Waals surface area contributed by atoms with Gasteiger partial charge in [-0.1, -0.05) is 0 Å². The number of aromatic nitrogens is 3. The Hall–Kier alpha value is -1.84. The van der Waals surface area contributed by atoms with Crippen molar-refractivity contribution in [2.45, 2.75) is 26.3 Å². The fraction of sp³-hybridized carbons (Fsp3) is 0.385. The lowest BCUT2D eigenvalue weighted by Crippen LogP contribution is -2.11. The summed E-state index contributed by atoms with van der Waals surface area (Å²) in [5, 5.41) is 3.35. The zero-order valence-corrected chi connectivity index (χ0v) is 10.3. The van der Waals surface area contributed by atoms with Crippen molar-refractivity contribution < 1.29 is 0 Å². The van der Waals surface area contributed by atoms with Gasteiger partial charge in [-0.2, -0.15) is 0 Å². The lowest BCUT2D eigenvalue weighted by molar-refractivity contribution is 0.604. The summed E-state index contributed by atoms with van der Waals surface area (Å²) in [5.74, 6) is 0.939. The molecule has 0 spiro atoms. The first-order valence-corrected chi connectivity index (χ1v) is 5.93. The molecule has 0 aliphatic carbocycles.